The summed E-state index contributed by atoms with van der Waals surface area (Å²) in [6.45, 7) is 3.31. The van der Waals surface area contributed by atoms with Gasteiger partial charge in [0.15, 0.2) is 0 Å². The van der Waals surface area contributed by atoms with Crippen LogP contribution in [0.5, 0.6) is 0 Å². The van der Waals surface area contributed by atoms with Crippen molar-refractivity contribution >= 4 is 28.5 Å². The van der Waals surface area contributed by atoms with E-state index in [1.165, 1.54) is 19.3 Å². The highest BCUT2D eigenvalue weighted by molar-refractivity contribution is 14.1. The topological polar surface area (TPSA) is 41.0 Å². The molecular formula is C12H19IN4. The van der Waals surface area contributed by atoms with Gasteiger partial charge in [-0.15, -0.1) is 0 Å². The molecule has 1 saturated heterocycles. The smallest absolute Gasteiger partial charge is 0.225 e. The van der Waals surface area contributed by atoms with E-state index in [0.29, 0.717) is 0 Å². The monoisotopic (exact) mass is 346 g/mol. The lowest BCUT2D eigenvalue weighted by atomic mass is 9.94. The Morgan fingerprint density at radius 2 is 2.00 bits per heavy atom. The summed E-state index contributed by atoms with van der Waals surface area (Å²) in [7, 11) is 2.02. The summed E-state index contributed by atoms with van der Waals surface area (Å²) in [6, 6.07) is 0. The van der Waals surface area contributed by atoms with E-state index < -0.39 is 0 Å². The van der Waals surface area contributed by atoms with Crippen LogP contribution in [0, 0.1) is 9.49 Å². The molecule has 1 aliphatic rings. The quantitative estimate of drug-likeness (QED) is 0.846. The van der Waals surface area contributed by atoms with Crippen molar-refractivity contribution in [2.45, 2.75) is 19.3 Å². The fraction of sp³-hybridized carbons (Fsp3) is 0.667. The first-order chi connectivity index (χ1) is 8.29. The number of nitrogens with one attached hydrogen (secondary N) is 1. The van der Waals surface area contributed by atoms with Crippen LogP contribution >= 0.6 is 22.6 Å². The van der Waals surface area contributed by atoms with Crippen LogP contribution in [0.3, 0.4) is 0 Å². The molecule has 17 heavy (non-hydrogen) atoms. The van der Waals surface area contributed by atoms with Crippen molar-refractivity contribution in [2.75, 3.05) is 31.6 Å². The summed E-state index contributed by atoms with van der Waals surface area (Å²) in [5, 5.41) is 3.22. The van der Waals surface area contributed by atoms with Gasteiger partial charge in [0.05, 0.1) is 0 Å². The Morgan fingerprint density at radius 1 is 1.35 bits per heavy atom. The summed E-state index contributed by atoms with van der Waals surface area (Å²) in [5.41, 5.74) is 0. The molecule has 0 radical (unpaired) electrons. The average molecular weight is 346 g/mol. The molecule has 0 aliphatic carbocycles. The van der Waals surface area contributed by atoms with E-state index in [-0.39, 0.29) is 0 Å². The predicted molar refractivity (Wildman–Crippen MR) is 78.2 cm³/mol. The van der Waals surface area contributed by atoms with Gasteiger partial charge in [-0.3, -0.25) is 0 Å². The van der Waals surface area contributed by atoms with E-state index in [1.54, 1.807) is 0 Å². The maximum absolute atomic E-state index is 4.38. The van der Waals surface area contributed by atoms with Crippen LogP contribution in [-0.4, -0.2) is 36.6 Å². The normalized spacial score (nSPS) is 17.4. The standard InChI is InChI=1S/C12H19IN4/c1-14-5-2-10-3-6-17(7-4-10)12-15-8-11(13)9-16-12/h8-10,14H,2-7H2,1H3. The first-order valence-corrected chi connectivity index (χ1v) is 7.24. The average Bonchev–Trinajstić information content (AvgIpc) is 2.38. The highest BCUT2D eigenvalue weighted by atomic mass is 127. The predicted octanol–water partition coefficient (Wildman–Crippen LogP) is 1.91. The van der Waals surface area contributed by atoms with Crippen molar-refractivity contribution < 1.29 is 0 Å². The maximum Gasteiger partial charge on any atom is 0.225 e. The van der Waals surface area contributed by atoms with E-state index in [9.17, 15) is 0 Å². The van der Waals surface area contributed by atoms with Gasteiger partial charge in [-0.1, -0.05) is 0 Å². The molecule has 1 aliphatic heterocycles. The van der Waals surface area contributed by atoms with Gasteiger partial charge < -0.3 is 10.2 Å². The Hall–Kier alpha value is -0.430. The van der Waals surface area contributed by atoms with Gasteiger partial charge in [0.1, 0.15) is 0 Å². The van der Waals surface area contributed by atoms with Gasteiger partial charge in [-0.05, 0) is 61.4 Å². The van der Waals surface area contributed by atoms with Crippen LogP contribution in [-0.2, 0) is 0 Å². The molecule has 0 amide bonds. The van der Waals surface area contributed by atoms with Crippen LogP contribution in [0.4, 0.5) is 5.95 Å². The zero-order chi connectivity index (χ0) is 12.1. The molecule has 4 nitrogen and oxygen atoms in total. The molecule has 2 rings (SSSR count). The molecule has 0 spiro atoms. The minimum absolute atomic E-state index is 0.863. The van der Waals surface area contributed by atoms with E-state index in [2.05, 4.69) is 42.8 Å². The molecule has 5 heteroatoms. The largest absolute Gasteiger partial charge is 0.341 e. The molecular weight excluding hydrogens is 327 g/mol. The van der Waals surface area contributed by atoms with E-state index >= 15 is 0 Å². The summed E-state index contributed by atoms with van der Waals surface area (Å²) < 4.78 is 1.09. The number of hydrogen-bond acceptors (Lipinski definition) is 4. The molecule has 1 N–H and O–H groups in total. The van der Waals surface area contributed by atoms with Crippen molar-refractivity contribution in [3.63, 3.8) is 0 Å². The molecule has 1 aromatic heterocycles. The second-order valence-electron chi connectivity index (χ2n) is 4.52. The molecule has 94 valence electrons. The van der Waals surface area contributed by atoms with Crippen molar-refractivity contribution in [2.24, 2.45) is 5.92 Å². The van der Waals surface area contributed by atoms with Crippen LogP contribution in [0.1, 0.15) is 19.3 Å². The van der Waals surface area contributed by atoms with Crippen molar-refractivity contribution in [1.82, 2.24) is 15.3 Å². The van der Waals surface area contributed by atoms with Crippen LogP contribution in [0.25, 0.3) is 0 Å². The Kier molecular flexibility index (Phi) is 4.97. The van der Waals surface area contributed by atoms with E-state index in [4.69, 9.17) is 0 Å². The number of nitrogens with zero attached hydrogens (tertiary/aromatic N) is 3. The molecule has 0 aromatic carbocycles. The van der Waals surface area contributed by atoms with Crippen molar-refractivity contribution in [1.29, 1.82) is 0 Å². The van der Waals surface area contributed by atoms with E-state index in [1.807, 2.05) is 19.4 Å². The summed E-state index contributed by atoms with van der Waals surface area (Å²) in [6.07, 6.45) is 7.58. The lowest BCUT2D eigenvalue weighted by Gasteiger charge is -2.31. The van der Waals surface area contributed by atoms with Crippen molar-refractivity contribution in [3.05, 3.63) is 16.0 Å². The number of aromatic nitrogens is 2. The Balaban J connectivity index is 1.84. The van der Waals surface area contributed by atoms with Gasteiger partial charge in [-0.25, -0.2) is 9.97 Å². The Morgan fingerprint density at radius 3 is 2.59 bits per heavy atom. The summed E-state index contributed by atoms with van der Waals surface area (Å²) in [4.78, 5) is 11.1. The zero-order valence-electron chi connectivity index (χ0n) is 10.2. The molecule has 0 atom stereocenters. The second-order valence-corrected chi connectivity index (χ2v) is 5.77. The number of rotatable bonds is 4. The van der Waals surface area contributed by atoms with Crippen LogP contribution in [0.15, 0.2) is 12.4 Å². The zero-order valence-corrected chi connectivity index (χ0v) is 12.4. The SMILES string of the molecule is CNCCC1CCN(c2ncc(I)cn2)CC1. The number of halogens is 1. The Bertz CT molecular complexity index is 333. The lowest BCUT2D eigenvalue weighted by Crippen LogP contribution is -2.35. The molecule has 0 bridgehead atoms. The minimum Gasteiger partial charge on any atom is -0.341 e. The summed E-state index contributed by atoms with van der Waals surface area (Å²) >= 11 is 2.24. The number of piperidine rings is 1. The first kappa shape index (κ1) is 13.0. The van der Waals surface area contributed by atoms with Crippen LogP contribution < -0.4 is 10.2 Å². The fourth-order valence-corrected chi connectivity index (χ4v) is 2.52. The third kappa shape index (κ3) is 3.77. The van der Waals surface area contributed by atoms with Gasteiger partial charge in [-0.2, -0.15) is 0 Å². The molecule has 0 saturated carbocycles. The molecule has 0 unspecified atom stereocenters. The van der Waals surface area contributed by atoms with Crippen LogP contribution in [0.2, 0.25) is 0 Å². The minimum atomic E-state index is 0.863. The van der Waals surface area contributed by atoms with Crippen molar-refractivity contribution in [3.8, 4) is 0 Å². The highest BCUT2D eigenvalue weighted by Gasteiger charge is 2.20. The molecule has 1 aromatic rings. The third-order valence-corrected chi connectivity index (χ3v) is 3.86. The van der Waals surface area contributed by atoms with Gasteiger partial charge in [0.2, 0.25) is 5.95 Å². The van der Waals surface area contributed by atoms with Gasteiger partial charge in [0, 0.05) is 29.1 Å². The number of anilines is 1. The van der Waals surface area contributed by atoms with E-state index in [0.717, 1.165) is 35.1 Å². The first-order valence-electron chi connectivity index (χ1n) is 6.16. The highest BCUT2D eigenvalue weighted by Crippen LogP contribution is 2.22. The second kappa shape index (κ2) is 6.49. The van der Waals surface area contributed by atoms with Gasteiger partial charge >= 0.3 is 0 Å². The molecule has 2 heterocycles. The Labute approximate surface area is 116 Å². The van der Waals surface area contributed by atoms with Gasteiger partial charge in [0.25, 0.3) is 0 Å². The lowest BCUT2D eigenvalue weighted by molar-refractivity contribution is 0.375. The summed E-state index contributed by atoms with van der Waals surface area (Å²) in [5.74, 6) is 1.75. The number of hydrogen-bond donors (Lipinski definition) is 1. The third-order valence-electron chi connectivity index (χ3n) is 3.31. The molecule has 1 fully saturated rings. The maximum atomic E-state index is 4.38. The fourth-order valence-electron chi connectivity index (χ4n) is 2.24.